The third kappa shape index (κ3) is 4.39. The van der Waals surface area contributed by atoms with Crippen molar-refractivity contribution < 1.29 is 14.3 Å². The molecule has 0 unspecified atom stereocenters. The SMILES string of the molecule is COc1cc2c(cc1OC(C)C)-n1c(-c3cccs3)nc(C(=O)NCC(C)(C)C)c1CC2. The van der Waals surface area contributed by atoms with Gasteiger partial charge in [-0.1, -0.05) is 26.8 Å². The van der Waals surface area contributed by atoms with Gasteiger partial charge in [-0.15, -0.1) is 11.3 Å². The largest absolute Gasteiger partial charge is 0.493 e. The minimum absolute atomic E-state index is 0.00171. The maximum atomic E-state index is 13.1. The lowest BCUT2D eigenvalue weighted by molar-refractivity contribution is 0.0933. The van der Waals surface area contributed by atoms with Gasteiger partial charge in [-0.25, -0.2) is 4.98 Å². The van der Waals surface area contributed by atoms with Gasteiger partial charge in [0.2, 0.25) is 0 Å². The molecule has 4 rings (SSSR count). The molecular weight excluding hydrogens is 422 g/mol. The monoisotopic (exact) mass is 453 g/mol. The summed E-state index contributed by atoms with van der Waals surface area (Å²) in [5, 5.41) is 5.10. The number of hydrogen-bond acceptors (Lipinski definition) is 5. The van der Waals surface area contributed by atoms with Gasteiger partial charge >= 0.3 is 0 Å². The summed E-state index contributed by atoms with van der Waals surface area (Å²) < 4.78 is 13.8. The van der Waals surface area contributed by atoms with Crippen molar-refractivity contribution >= 4 is 17.2 Å². The van der Waals surface area contributed by atoms with E-state index >= 15 is 0 Å². The standard InChI is InChI=1S/C25H31N3O3S/c1-15(2)31-20-13-18-16(12-19(20)30-6)9-10-17-22(24(29)26-14-25(3,4)5)27-23(28(17)18)21-8-7-11-32-21/h7-8,11-13,15H,9-10,14H2,1-6H3,(H,26,29). The van der Waals surface area contributed by atoms with Crippen molar-refractivity contribution in [2.45, 2.75) is 53.6 Å². The van der Waals surface area contributed by atoms with Gasteiger partial charge in [-0.3, -0.25) is 9.36 Å². The van der Waals surface area contributed by atoms with Crippen molar-refractivity contribution in [1.29, 1.82) is 0 Å². The minimum Gasteiger partial charge on any atom is -0.493 e. The zero-order valence-electron chi connectivity index (χ0n) is 19.6. The van der Waals surface area contributed by atoms with Crippen LogP contribution < -0.4 is 14.8 Å². The number of fused-ring (bicyclic) bond motifs is 3. The molecule has 170 valence electrons. The molecule has 0 radical (unpaired) electrons. The number of rotatable bonds is 6. The Balaban J connectivity index is 1.86. The molecular formula is C25H31N3O3S. The van der Waals surface area contributed by atoms with Gasteiger partial charge in [0.05, 0.1) is 29.5 Å². The molecule has 2 aromatic heterocycles. The second-order valence-electron chi connectivity index (χ2n) is 9.59. The predicted molar refractivity (Wildman–Crippen MR) is 128 cm³/mol. The first-order valence-electron chi connectivity index (χ1n) is 11.0. The number of nitrogens with one attached hydrogen (secondary N) is 1. The second kappa shape index (κ2) is 8.62. The van der Waals surface area contributed by atoms with Crippen LogP contribution in [0.3, 0.4) is 0 Å². The number of benzene rings is 1. The molecule has 7 heteroatoms. The Morgan fingerprint density at radius 2 is 2.03 bits per heavy atom. The molecule has 6 nitrogen and oxygen atoms in total. The normalized spacial score (nSPS) is 13.0. The van der Waals surface area contributed by atoms with Crippen LogP contribution in [-0.2, 0) is 12.8 Å². The van der Waals surface area contributed by atoms with Gasteiger partial charge in [-0.05, 0) is 55.2 Å². The van der Waals surface area contributed by atoms with Crippen LogP contribution in [0.4, 0.5) is 0 Å². The van der Waals surface area contributed by atoms with Gasteiger partial charge in [0.25, 0.3) is 5.91 Å². The first-order chi connectivity index (χ1) is 15.2. The molecule has 3 aromatic rings. The second-order valence-corrected chi connectivity index (χ2v) is 10.5. The highest BCUT2D eigenvalue weighted by atomic mass is 32.1. The molecule has 1 aliphatic rings. The maximum absolute atomic E-state index is 13.1. The molecule has 32 heavy (non-hydrogen) atoms. The van der Waals surface area contributed by atoms with Crippen LogP contribution in [0.25, 0.3) is 16.4 Å². The van der Waals surface area contributed by atoms with Crippen LogP contribution in [-0.4, -0.2) is 35.2 Å². The zero-order chi connectivity index (χ0) is 23.0. The van der Waals surface area contributed by atoms with Crippen molar-refractivity contribution in [3.63, 3.8) is 0 Å². The molecule has 0 saturated carbocycles. The summed E-state index contributed by atoms with van der Waals surface area (Å²) in [7, 11) is 1.66. The van der Waals surface area contributed by atoms with E-state index in [1.807, 2.05) is 43.5 Å². The fraction of sp³-hybridized carbons (Fsp3) is 0.440. The number of methoxy groups -OCH3 is 1. The Morgan fingerprint density at radius 1 is 1.25 bits per heavy atom. The van der Waals surface area contributed by atoms with E-state index in [9.17, 15) is 4.79 Å². The summed E-state index contributed by atoms with van der Waals surface area (Å²) in [6.07, 6.45) is 1.56. The number of hydrogen-bond donors (Lipinski definition) is 1. The average molecular weight is 454 g/mol. The summed E-state index contributed by atoms with van der Waals surface area (Å²) >= 11 is 1.62. The molecule has 1 aliphatic heterocycles. The van der Waals surface area contributed by atoms with Crippen LogP contribution in [0.15, 0.2) is 29.6 Å². The molecule has 0 aliphatic carbocycles. The van der Waals surface area contributed by atoms with Crippen molar-refractivity contribution in [3.05, 3.63) is 46.6 Å². The minimum atomic E-state index is -0.123. The Hall–Kier alpha value is -2.80. The number of thiophene rings is 1. The lowest BCUT2D eigenvalue weighted by Crippen LogP contribution is -2.33. The van der Waals surface area contributed by atoms with Gasteiger partial charge in [0.1, 0.15) is 5.69 Å². The average Bonchev–Trinajstić information content (AvgIpc) is 3.38. The van der Waals surface area contributed by atoms with E-state index in [0.29, 0.717) is 18.0 Å². The molecule has 1 aromatic carbocycles. The van der Waals surface area contributed by atoms with E-state index < -0.39 is 0 Å². The van der Waals surface area contributed by atoms with E-state index in [2.05, 4.69) is 30.7 Å². The highest BCUT2D eigenvalue weighted by molar-refractivity contribution is 7.13. The molecule has 1 N–H and O–H groups in total. The van der Waals surface area contributed by atoms with Crippen LogP contribution in [0.5, 0.6) is 11.5 Å². The Morgan fingerprint density at radius 3 is 2.66 bits per heavy atom. The third-order valence-corrected chi connectivity index (χ3v) is 6.17. The third-order valence-electron chi connectivity index (χ3n) is 5.31. The first-order valence-corrected chi connectivity index (χ1v) is 11.9. The Bertz CT molecular complexity index is 1120. The van der Waals surface area contributed by atoms with Crippen LogP contribution in [0.2, 0.25) is 0 Å². The van der Waals surface area contributed by atoms with E-state index in [1.165, 1.54) is 0 Å². The summed E-state index contributed by atoms with van der Waals surface area (Å²) in [6, 6.07) is 8.12. The topological polar surface area (TPSA) is 65.4 Å². The summed E-state index contributed by atoms with van der Waals surface area (Å²) in [5.41, 5.74) is 3.59. The van der Waals surface area contributed by atoms with E-state index in [4.69, 9.17) is 14.5 Å². The Labute approximate surface area is 193 Å². The fourth-order valence-corrected chi connectivity index (χ4v) is 4.59. The maximum Gasteiger partial charge on any atom is 0.271 e. The number of nitrogens with zero attached hydrogens (tertiary/aromatic N) is 2. The molecule has 0 spiro atoms. The fourth-order valence-electron chi connectivity index (χ4n) is 3.88. The Kier molecular flexibility index (Phi) is 6.03. The molecule has 0 bridgehead atoms. The number of carbonyl (C=O) groups is 1. The lowest BCUT2D eigenvalue weighted by atomic mass is 9.96. The molecule has 3 heterocycles. The van der Waals surface area contributed by atoms with Crippen molar-refractivity contribution in [2.24, 2.45) is 5.41 Å². The highest BCUT2D eigenvalue weighted by Crippen LogP contribution is 2.40. The summed E-state index contributed by atoms with van der Waals surface area (Å²) in [6.45, 7) is 10.9. The first kappa shape index (κ1) is 22.4. The summed E-state index contributed by atoms with van der Waals surface area (Å²) in [4.78, 5) is 19.0. The smallest absolute Gasteiger partial charge is 0.271 e. The molecule has 0 saturated heterocycles. The quantitative estimate of drug-likeness (QED) is 0.552. The van der Waals surface area contributed by atoms with Gasteiger partial charge in [-0.2, -0.15) is 0 Å². The van der Waals surface area contributed by atoms with E-state index in [1.54, 1.807) is 18.4 Å². The van der Waals surface area contributed by atoms with Gasteiger partial charge in [0.15, 0.2) is 17.3 Å². The number of amides is 1. The number of carbonyl (C=O) groups excluding carboxylic acids is 1. The van der Waals surface area contributed by atoms with Crippen molar-refractivity contribution in [2.75, 3.05) is 13.7 Å². The zero-order valence-corrected chi connectivity index (χ0v) is 20.4. The van der Waals surface area contributed by atoms with Crippen LogP contribution in [0, 0.1) is 5.41 Å². The van der Waals surface area contributed by atoms with Crippen molar-refractivity contribution in [3.8, 4) is 27.9 Å². The van der Waals surface area contributed by atoms with Crippen LogP contribution >= 0.6 is 11.3 Å². The predicted octanol–water partition coefficient (Wildman–Crippen LogP) is 5.27. The summed E-state index contributed by atoms with van der Waals surface area (Å²) in [5.74, 6) is 2.08. The van der Waals surface area contributed by atoms with E-state index in [0.717, 1.165) is 46.2 Å². The molecule has 1 amide bonds. The molecule has 0 fully saturated rings. The number of aryl methyl sites for hydroxylation is 1. The van der Waals surface area contributed by atoms with Gasteiger partial charge in [0, 0.05) is 12.6 Å². The van der Waals surface area contributed by atoms with E-state index in [-0.39, 0.29) is 17.4 Å². The number of aromatic nitrogens is 2. The number of ether oxygens (including phenoxy) is 2. The van der Waals surface area contributed by atoms with Crippen LogP contribution in [0.1, 0.15) is 56.4 Å². The molecule has 0 atom stereocenters. The number of imidazole rings is 1. The van der Waals surface area contributed by atoms with Gasteiger partial charge < -0.3 is 14.8 Å². The van der Waals surface area contributed by atoms with Crippen molar-refractivity contribution in [1.82, 2.24) is 14.9 Å². The lowest BCUT2D eigenvalue weighted by Gasteiger charge is -2.24. The highest BCUT2D eigenvalue weighted by Gasteiger charge is 2.30.